The van der Waals surface area contributed by atoms with Gasteiger partial charge in [-0.05, 0) is 37.1 Å². The van der Waals surface area contributed by atoms with Crippen LogP contribution >= 0.6 is 0 Å². The van der Waals surface area contributed by atoms with Gasteiger partial charge in [0.1, 0.15) is 12.4 Å². The number of nitro groups is 1. The maximum absolute atomic E-state index is 12.4. The van der Waals surface area contributed by atoms with Crippen LogP contribution in [-0.4, -0.2) is 14.6 Å². The maximum Gasteiger partial charge on any atom is 0.300 e. The number of hydrogen-bond acceptors (Lipinski definition) is 7. The number of benzene rings is 2. The van der Waals surface area contributed by atoms with Crippen molar-refractivity contribution in [2.75, 3.05) is 0 Å². The zero-order valence-electron chi connectivity index (χ0n) is 16.7. The summed E-state index contributed by atoms with van der Waals surface area (Å²) < 4.78 is 6.67. The molecule has 9 nitrogen and oxygen atoms in total. The highest BCUT2D eigenvalue weighted by Gasteiger charge is 2.17. The summed E-state index contributed by atoms with van der Waals surface area (Å²) in [5, 5.41) is 29.3. The monoisotopic (exact) mass is 408 g/mol. The zero-order chi connectivity index (χ0) is 21.8. The van der Waals surface area contributed by atoms with Gasteiger partial charge in [0.2, 0.25) is 0 Å². The molecule has 3 aromatic rings. The van der Waals surface area contributed by atoms with Gasteiger partial charge in [-0.3, -0.25) is 19.5 Å². The average molecular weight is 408 g/mol. The van der Waals surface area contributed by atoms with Gasteiger partial charge >= 0.3 is 0 Å². The Morgan fingerprint density at radius 2 is 1.80 bits per heavy atom. The Morgan fingerprint density at radius 1 is 1.10 bits per heavy atom. The van der Waals surface area contributed by atoms with Crippen LogP contribution in [-0.2, 0) is 13.7 Å². The normalized spacial score (nSPS) is 11.0. The van der Waals surface area contributed by atoms with Crippen molar-refractivity contribution < 1.29 is 14.8 Å². The van der Waals surface area contributed by atoms with Gasteiger partial charge in [-0.15, -0.1) is 10.2 Å². The molecule has 3 rings (SSSR count). The number of nitro benzene ring substituents is 1. The van der Waals surface area contributed by atoms with Crippen molar-refractivity contribution in [1.82, 2.24) is 4.57 Å². The summed E-state index contributed by atoms with van der Waals surface area (Å²) >= 11 is 0. The number of aromatic hydroxyl groups is 1. The summed E-state index contributed by atoms with van der Waals surface area (Å²) in [6, 6.07) is 13.7. The first-order valence-electron chi connectivity index (χ1n) is 9.05. The minimum atomic E-state index is -0.587. The largest absolute Gasteiger partial charge is 0.494 e. The average Bonchev–Trinajstić information content (AvgIpc) is 2.76. The fourth-order valence-corrected chi connectivity index (χ4v) is 2.80. The predicted octanol–water partition coefficient (Wildman–Crippen LogP) is 4.61. The molecule has 0 bridgehead atoms. The van der Waals surface area contributed by atoms with Gasteiger partial charge < -0.3 is 9.84 Å². The Kier molecular flexibility index (Phi) is 5.91. The van der Waals surface area contributed by atoms with E-state index in [1.165, 1.54) is 19.2 Å². The van der Waals surface area contributed by atoms with Crippen LogP contribution in [0.4, 0.5) is 17.1 Å². The molecule has 0 radical (unpaired) electrons. The molecule has 9 heteroatoms. The Morgan fingerprint density at radius 3 is 2.47 bits per heavy atom. The Bertz CT molecular complexity index is 1190. The lowest BCUT2D eigenvalue weighted by molar-refractivity contribution is -0.384. The SMILES string of the molecule is Cc1c(C)c(O)n(C)c(=O)c1N=Nc1ccc(OCc2ccccc2)cc1[N+](=O)[O-]. The minimum Gasteiger partial charge on any atom is -0.494 e. The molecule has 0 saturated heterocycles. The minimum absolute atomic E-state index is 0.00602. The molecule has 0 aliphatic carbocycles. The standard InChI is InChI=1S/C21H20N4O5/c1-13-14(2)20(26)24(3)21(27)19(13)23-22-17-10-9-16(11-18(17)25(28)29)30-12-15-7-5-4-6-8-15/h4-11,26H,12H2,1-3H3. The van der Waals surface area contributed by atoms with Crippen molar-refractivity contribution in [3.05, 3.63) is 85.7 Å². The third-order valence-electron chi connectivity index (χ3n) is 4.73. The van der Waals surface area contributed by atoms with Crippen molar-refractivity contribution in [2.24, 2.45) is 17.3 Å². The van der Waals surface area contributed by atoms with Crippen molar-refractivity contribution in [2.45, 2.75) is 20.5 Å². The summed E-state index contributed by atoms with van der Waals surface area (Å²) in [7, 11) is 1.41. The van der Waals surface area contributed by atoms with Crippen molar-refractivity contribution in [3.8, 4) is 11.6 Å². The molecule has 30 heavy (non-hydrogen) atoms. The molecule has 0 fully saturated rings. The van der Waals surface area contributed by atoms with E-state index in [0.29, 0.717) is 16.9 Å². The molecular formula is C21H20N4O5. The van der Waals surface area contributed by atoms with E-state index in [1.54, 1.807) is 19.9 Å². The van der Waals surface area contributed by atoms with E-state index in [9.17, 15) is 20.0 Å². The van der Waals surface area contributed by atoms with Crippen LogP contribution < -0.4 is 10.3 Å². The van der Waals surface area contributed by atoms with Gasteiger partial charge in [-0.2, -0.15) is 0 Å². The number of ether oxygens (including phenoxy) is 1. The van der Waals surface area contributed by atoms with Crippen LogP contribution in [0.15, 0.2) is 63.6 Å². The molecule has 0 saturated carbocycles. The summed E-state index contributed by atoms with van der Waals surface area (Å²) in [6.07, 6.45) is 0. The molecule has 2 aromatic carbocycles. The third-order valence-corrected chi connectivity index (χ3v) is 4.73. The number of rotatable bonds is 6. The van der Waals surface area contributed by atoms with E-state index in [4.69, 9.17) is 4.74 Å². The van der Waals surface area contributed by atoms with Gasteiger partial charge in [0, 0.05) is 12.6 Å². The van der Waals surface area contributed by atoms with E-state index >= 15 is 0 Å². The fraction of sp³-hybridized carbons (Fsp3) is 0.190. The lowest BCUT2D eigenvalue weighted by Crippen LogP contribution is -2.18. The van der Waals surface area contributed by atoms with Crippen molar-refractivity contribution >= 4 is 17.1 Å². The molecule has 0 aliphatic rings. The molecule has 0 atom stereocenters. The highest BCUT2D eigenvalue weighted by Crippen LogP contribution is 2.33. The second-order valence-corrected chi connectivity index (χ2v) is 6.67. The number of hydrogen-bond donors (Lipinski definition) is 1. The van der Waals surface area contributed by atoms with Crippen LogP contribution in [0.2, 0.25) is 0 Å². The third kappa shape index (κ3) is 4.19. The number of nitrogens with zero attached hydrogens (tertiary/aromatic N) is 4. The van der Waals surface area contributed by atoms with Gasteiger partial charge in [0.05, 0.1) is 11.0 Å². The van der Waals surface area contributed by atoms with Gasteiger partial charge in [-0.25, -0.2) is 0 Å². The first kappa shape index (κ1) is 20.7. The molecule has 1 N–H and O–H groups in total. The maximum atomic E-state index is 12.4. The van der Waals surface area contributed by atoms with E-state index in [2.05, 4.69) is 10.2 Å². The molecule has 0 amide bonds. The van der Waals surface area contributed by atoms with Gasteiger partial charge in [-0.1, -0.05) is 30.3 Å². The molecule has 154 valence electrons. The zero-order valence-corrected chi connectivity index (χ0v) is 16.7. The molecule has 1 aromatic heterocycles. The highest BCUT2D eigenvalue weighted by atomic mass is 16.6. The highest BCUT2D eigenvalue weighted by molar-refractivity contribution is 5.60. The molecule has 0 spiro atoms. The quantitative estimate of drug-likeness (QED) is 0.363. The van der Waals surface area contributed by atoms with Crippen LogP contribution in [0.5, 0.6) is 11.6 Å². The van der Waals surface area contributed by atoms with Gasteiger partial charge in [0.15, 0.2) is 17.3 Å². The summed E-state index contributed by atoms with van der Waals surface area (Å²) in [6.45, 7) is 3.53. The molecular weight excluding hydrogens is 388 g/mol. The van der Waals surface area contributed by atoms with Crippen LogP contribution in [0.25, 0.3) is 0 Å². The fourth-order valence-electron chi connectivity index (χ4n) is 2.80. The number of pyridine rings is 1. The molecule has 0 aliphatic heterocycles. The van der Waals surface area contributed by atoms with E-state index in [0.717, 1.165) is 10.1 Å². The van der Waals surface area contributed by atoms with Crippen LogP contribution in [0.3, 0.4) is 0 Å². The predicted molar refractivity (Wildman–Crippen MR) is 111 cm³/mol. The second kappa shape index (κ2) is 8.56. The topological polar surface area (TPSA) is 119 Å². The van der Waals surface area contributed by atoms with E-state index in [1.807, 2.05) is 30.3 Å². The van der Waals surface area contributed by atoms with Gasteiger partial charge in [0.25, 0.3) is 11.2 Å². The summed E-state index contributed by atoms with van der Waals surface area (Å²) in [5.41, 5.74) is 0.998. The number of azo groups is 1. The van der Waals surface area contributed by atoms with Crippen molar-refractivity contribution in [3.63, 3.8) is 0 Å². The Balaban J connectivity index is 1.92. The Hall–Kier alpha value is -4.01. The summed E-state index contributed by atoms with van der Waals surface area (Å²) in [4.78, 5) is 23.3. The van der Waals surface area contributed by atoms with Crippen LogP contribution in [0, 0.1) is 24.0 Å². The second-order valence-electron chi connectivity index (χ2n) is 6.67. The lowest BCUT2D eigenvalue weighted by Gasteiger charge is -2.10. The molecule has 1 heterocycles. The number of aromatic nitrogens is 1. The van der Waals surface area contributed by atoms with Crippen LogP contribution in [0.1, 0.15) is 16.7 Å². The molecule has 0 unspecified atom stereocenters. The summed E-state index contributed by atoms with van der Waals surface area (Å²) in [5.74, 6) is 0.152. The van der Waals surface area contributed by atoms with Crippen molar-refractivity contribution in [1.29, 1.82) is 0 Å². The van der Waals surface area contributed by atoms with E-state index in [-0.39, 0.29) is 29.5 Å². The Labute approximate surface area is 172 Å². The smallest absolute Gasteiger partial charge is 0.300 e. The lowest BCUT2D eigenvalue weighted by atomic mass is 10.1. The first-order valence-corrected chi connectivity index (χ1v) is 9.05. The van der Waals surface area contributed by atoms with E-state index < -0.39 is 10.5 Å². The first-order chi connectivity index (χ1) is 14.3.